The average Bonchev–Trinajstić information content (AvgIpc) is 2.38. The number of methoxy groups -OCH3 is 1. The molecule has 0 fully saturated rings. The zero-order chi connectivity index (χ0) is 14.4. The lowest BCUT2D eigenvalue weighted by Crippen LogP contribution is -2.28. The summed E-state index contributed by atoms with van der Waals surface area (Å²) in [7, 11) is 5.98. The van der Waals surface area contributed by atoms with Crippen molar-refractivity contribution in [3.8, 4) is 5.75 Å². The fraction of sp³-hybridized carbons (Fsp3) is 0.625. The van der Waals surface area contributed by atoms with E-state index in [1.807, 2.05) is 0 Å². The van der Waals surface area contributed by atoms with Gasteiger partial charge in [-0.25, -0.2) is 0 Å². The smallest absolute Gasteiger partial charge is 0.123 e. The number of aryl methyl sites for hydroxylation is 1. The minimum atomic E-state index is 0.338. The maximum atomic E-state index is 5.72. The quantitative estimate of drug-likeness (QED) is 0.823. The van der Waals surface area contributed by atoms with Crippen LogP contribution in [0.4, 0.5) is 0 Å². The maximum absolute atomic E-state index is 5.72. The molecule has 0 aliphatic rings. The van der Waals surface area contributed by atoms with Crippen LogP contribution in [-0.2, 0) is 6.42 Å². The molecule has 19 heavy (non-hydrogen) atoms. The van der Waals surface area contributed by atoms with Crippen molar-refractivity contribution in [3.05, 3.63) is 29.3 Å². The highest BCUT2D eigenvalue weighted by Gasteiger charge is 2.24. The molecular weight excluding hydrogens is 236 g/mol. The summed E-state index contributed by atoms with van der Waals surface area (Å²) in [6, 6.07) is 6.84. The van der Waals surface area contributed by atoms with Crippen LogP contribution in [0.1, 0.15) is 37.4 Å². The van der Waals surface area contributed by atoms with Gasteiger partial charge in [0.15, 0.2) is 0 Å². The summed E-state index contributed by atoms with van der Waals surface area (Å²) >= 11 is 0. The summed E-state index contributed by atoms with van der Waals surface area (Å²) in [6.07, 6.45) is 2.06. The van der Waals surface area contributed by atoms with Gasteiger partial charge in [0.1, 0.15) is 5.75 Å². The molecule has 2 unspecified atom stereocenters. The van der Waals surface area contributed by atoms with Crippen molar-refractivity contribution in [3.63, 3.8) is 0 Å². The van der Waals surface area contributed by atoms with Gasteiger partial charge in [0.2, 0.25) is 0 Å². The molecule has 1 rings (SSSR count). The van der Waals surface area contributed by atoms with Gasteiger partial charge in [0.25, 0.3) is 0 Å². The summed E-state index contributed by atoms with van der Waals surface area (Å²) in [5.74, 6) is 1.47. The standard InChI is InChI=1S/C16H28N2O/c1-6-13-7-8-15(19-5)14(11-13)16(18(3)4)12(2)9-10-17/h7-8,11-12,16H,6,9-10,17H2,1-5H3. The average molecular weight is 264 g/mol. The van der Waals surface area contributed by atoms with Crippen molar-refractivity contribution in [1.29, 1.82) is 0 Å². The Morgan fingerprint density at radius 2 is 2.00 bits per heavy atom. The molecule has 108 valence electrons. The van der Waals surface area contributed by atoms with Gasteiger partial charge in [-0.3, -0.25) is 0 Å². The van der Waals surface area contributed by atoms with Gasteiger partial charge < -0.3 is 15.4 Å². The molecule has 3 nitrogen and oxygen atoms in total. The lowest BCUT2D eigenvalue weighted by molar-refractivity contribution is 0.211. The van der Waals surface area contributed by atoms with E-state index in [0.29, 0.717) is 12.0 Å². The zero-order valence-electron chi connectivity index (χ0n) is 12.9. The number of rotatable bonds is 7. The first-order valence-electron chi connectivity index (χ1n) is 7.08. The highest BCUT2D eigenvalue weighted by atomic mass is 16.5. The molecule has 0 aromatic heterocycles. The third kappa shape index (κ3) is 3.95. The van der Waals surface area contributed by atoms with Gasteiger partial charge in [0.05, 0.1) is 7.11 Å². The van der Waals surface area contributed by atoms with Crippen LogP contribution < -0.4 is 10.5 Å². The Bertz CT molecular complexity index is 390. The molecule has 0 bridgehead atoms. The van der Waals surface area contributed by atoms with Crippen molar-refractivity contribution in [1.82, 2.24) is 4.90 Å². The molecule has 1 aromatic rings. The highest BCUT2D eigenvalue weighted by Crippen LogP contribution is 2.35. The lowest BCUT2D eigenvalue weighted by atomic mass is 9.89. The van der Waals surface area contributed by atoms with E-state index in [-0.39, 0.29) is 0 Å². The summed E-state index contributed by atoms with van der Waals surface area (Å²) in [5, 5.41) is 0. The highest BCUT2D eigenvalue weighted by molar-refractivity contribution is 5.40. The lowest BCUT2D eigenvalue weighted by Gasteiger charge is -2.32. The summed E-state index contributed by atoms with van der Waals surface area (Å²) in [6.45, 7) is 5.16. The van der Waals surface area contributed by atoms with Crippen LogP contribution >= 0.6 is 0 Å². The Kier molecular flexibility index (Phi) is 6.32. The number of benzene rings is 1. The molecule has 0 aliphatic carbocycles. The van der Waals surface area contributed by atoms with Gasteiger partial charge in [-0.05, 0) is 51.0 Å². The molecule has 1 aromatic carbocycles. The molecule has 0 aliphatic heterocycles. The first-order chi connectivity index (χ1) is 9.04. The van der Waals surface area contributed by atoms with Crippen LogP contribution in [0.15, 0.2) is 18.2 Å². The fourth-order valence-electron chi connectivity index (χ4n) is 2.75. The Morgan fingerprint density at radius 1 is 1.32 bits per heavy atom. The van der Waals surface area contributed by atoms with Crippen LogP contribution in [0.25, 0.3) is 0 Å². The van der Waals surface area contributed by atoms with Gasteiger partial charge in [-0.1, -0.05) is 26.0 Å². The maximum Gasteiger partial charge on any atom is 0.123 e. The van der Waals surface area contributed by atoms with E-state index in [0.717, 1.165) is 25.1 Å². The number of hydrogen-bond acceptors (Lipinski definition) is 3. The Morgan fingerprint density at radius 3 is 2.47 bits per heavy atom. The van der Waals surface area contributed by atoms with Crippen molar-refractivity contribution in [2.75, 3.05) is 27.7 Å². The van der Waals surface area contributed by atoms with Gasteiger partial charge >= 0.3 is 0 Å². The molecule has 0 amide bonds. The van der Waals surface area contributed by atoms with Gasteiger partial charge in [-0.2, -0.15) is 0 Å². The first-order valence-corrected chi connectivity index (χ1v) is 7.08. The summed E-state index contributed by atoms with van der Waals surface area (Å²) < 4.78 is 5.55. The number of nitrogens with zero attached hydrogens (tertiary/aromatic N) is 1. The first kappa shape index (κ1) is 16.0. The van der Waals surface area contributed by atoms with Crippen LogP contribution in [0, 0.1) is 5.92 Å². The largest absolute Gasteiger partial charge is 0.496 e. The molecule has 0 saturated heterocycles. The number of nitrogens with two attached hydrogens (primary N) is 1. The second-order valence-corrected chi connectivity index (χ2v) is 5.39. The molecule has 0 radical (unpaired) electrons. The van der Waals surface area contributed by atoms with Crippen molar-refractivity contribution < 1.29 is 4.74 Å². The van der Waals surface area contributed by atoms with E-state index in [1.165, 1.54) is 11.1 Å². The van der Waals surface area contributed by atoms with E-state index >= 15 is 0 Å². The molecule has 2 N–H and O–H groups in total. The van der Waals surface area contributed by atoms with Crippen LogP contribution in [0.3, 0.4) is 0 Å². The minimum absolute atomic E-state index is 0.338. The van der Waals surface area contributed by atoms with Crippen molar-refractivity contribution in [2.24, 2.45) is 11.7 Å². The Hall–Kier alpha value is -1.06. The third-order valence-electron chi connectivity index (χ3n) is 3.74. The Balaban J connectivity index is 3.19. The van der Waals surface area contributed by atoms with E-state index in [1.54, 1.807) is 7.11 Å². The molecular formula is C16H28N2O. The van der Waals surface area contributed by atoms with E-state index in [9.17, 15) is 0 Å². The van der Waals surface area contributed by atoms with E-state index in [2.05, 4.69) is 51.0 Å². The summed E-state index contributed by atoms with van der Waals surface area (Å²) in [5.41, 5.74) is 8.34. The molecule has 0 spiro atoms. The predicted octanol–water partition coefficient (Wildman–Crippen LogP) is 2.85. The second kappa shape index (κ2) is 7.51. The normalized spacial score (nSPS) is 14.5. The van der Waals surface area contributed by atoms with Gasteiger partial charge in [-0.15, -0.1) is 0 Å². The van der Waals surface area contributed by atoms with Gasteiger partial charge in [0, 0.05) is 11.6 Å². The fourth-order valence-corrected chi connectivity index (χ4v) is 2.75. The monoisotopic (exact) mass is 264 g/mol. The van der Waals surface area contributed by atoms with Crippen LogP contribution in [0.2, 0.25) is 0 Å². The Labute approximate surface area is 117 Å². The van der Waals surface area contributed by atoms with E-state index < -0.39 is 0 Å². The number of hydrogen-bond donors (Lipinski definition) is 1. The zero-order valence-corrected chi connectivity index (χ0v) is 12.9. The SMILES string of the molecule is CCc1ccc(OC)c(C(C(C)CCN)N(C)C)c1. The van der Waals surface area contributed by atoms with Crippen LogP contribution in [0.5, 0.6) is 5.75 Å². The second-order valence-electron chi connectivity index (χ2n) is 5.39. The number of ether oxygens (including phenoxy) is 1. The van der Waals surface area contributed by atoms with Crippen molar-refractivity contribution in [2.45, 2.75) is 32.7 Å². The van der Waals surface area contributed by atoms with Crippen molar-refractivity contribution >= 4 is 0 Å². The van der Waals surface area contributed by atoms with Crippen LogP contribution in [-0.4, -0.2) is 32.6 Å². The molecule has 2 atom stereocenters. The third-order valence-corrected chi connectivity index (χ3v) is 3.74. The topological polar surface area (TPSA) is 38.5 Å². The summed E-state index contributed by atoms with van der Waals surface area (Å²) in [4.78, 5) is 2.26. The molecule has 3 heteroatoms. The molecule has 0 heterocycles. The minimum Gasteiger partial charge on any atom is -0.496 e. The molecule has 0 saturated carbocycles. The van der Waals surface area contributed by atoms with E-state index in [4.69, 9.17) is 10.5 Å². The predicted molar refractivity (Wildman–Crippen MR) is 81.6 cm³/mol.